The van der Waals surface area contributed by atoms with Gasteiger partial charge in [-0.2, -0.15) is 5.26 Å². The van der Waals surface area contributed by atoms with Gasteiger partial charge in [-0.15, -0.1) is 0 Å². The normalized spacial score (nSPS) is 9.88. The summed E-state index contributed by atoms with van der Waals surface area (Å²) in [6.07, 6.45) is 0. The van der Waals surface area contributed by atoms with E-state index in [9.17, 15) is 4.79 Å². The molecule has 84 valence electrons. The second-order valence-corrected chi connectivity index (χ2v) is 3.58. The van der Waals surface area contributed by atoms with Gasteiger partial charge in [0.05, 0.1) is 0 Å². The van der Waals surface area contributed by atoms with Crippen LogP contribution >= 0.6 is 0 Å². The molecule has 5 heteroatoms. The number of nitrogens with zero attached hydrogens (tertiary/aromatic N) is 3. The van der Waals surface area contributed by atoms with E-state index in [2.05, 4.69) is 10.3 Å². The summed E-state index contributed by atoms with van der Waals surface area (Å²) in [7, 11) is 3.86. The summed E-state index contributed by atoms with van der Waals surface area (Å²) in [5.74, 6) is -0.251. The second kappa shape index (κ2) is 5.83. The van der Waals surface area contributed by atoms with Crippen LogP contribution in [0.1, 0.15) is 16.2 Å². The van der Waals surface area contributed by atoms with Gasteiger partial charge < -0.3 is 10.2 Å². The van der Waals surface area contributed by atoms with E-state index < -0.39 is 0 Å². The molecule has 5 nitrogen and oxygen atoms in total. The molecule has 0 fully saturated rings. The maximum Gasteiger partial charge on any atom is 0.269 e. The summed E-state index contributed by atoms with van der Waals surface area (Å²) < 4.78 is 0. The molecule has 0 unspecified atom stereocenters. The van der Waals surface area contributed by atoms with Gasteiger partial charge in [-0.25, -0.2) is 4.98 Å². The van der Waals surface area contributed by atoms with Gasteiger partial charge in [0, 0.05) is 13.1 Å². The predicted octanol–water partition coefficient (Wildman–Crippen LogP) is 0.245. The van der Waals surface area contributed by atoms with E-state index >= 15 is 0 Å². The van der Waals surface area contributed by atoms with E-state index in [0.717, 1.165) is 6.54 Å². The molecule has 0 spiro atoms. The largest absolute Gasteiger partial charge is 0.349 e. The van der Waals surface area contributed by atoms with Crippen LogP contribution < -0.4 is 5.32 Å². The van der Waals surface area contributed by atoms with Gasteiger partial charge >= 0.3 is 0 Å². The Kier molecular flexibility index (Phi) is 4.42. The van der Waals surface area contributed by atoms with E-state index in [0.29, 0.717) is 6.54 Å². The fraction of sp³-hybridized carbons (Fsp3) is 0.364. The fourth-order valence-electron chi connectivity index (χ4n) is 1.11. The van der Waals surface area contributed by atoms with Crippen LogP contribution in [0.5, 0.6) is 0 Å². The Bertz CT molecular complexity index is 409. The molecule has 1 aromatic rings. The number of hydrogen-bond donors (Lipinski definition) is 1. The van der Waals surface area contributed by atoms with Crippen molar-refractivity contribution in [3.8, 4) is 6.07 Å². The van der Waals surface area contributed by atoms with Crippen molar-refractivity contribution in [2.75, 3.05) is 27.2 Å². The number of carbonyl (C=O) groups excluding carboxylic acids is 1. The van der Waals surface area contributed by atoms with E-state index in [-0.39, 0.29) is 17.3 Å². The van der Waals surface area contributed by atoms with Crippen LogP contribution in [0.2, 0.25) is 0 Å². The first-order valence-electron chi connectivity index (χ1n) is 4.93. The molecule has 1 rings (SSSR count). The van der Waals surface area contributed by atoms with Crippen molar-refractivity contribution in [3.05, 3.63) is 29.6 Å². The third kappa shape index (κ3) is 3.67. The molecule has 0 aliphatic heterocycles. The topological polar surface area (TPSA) is 69.0 Å². The summed E-state index contributed by atoms with van der Waals surface area (Å²) in [6.45, 7) is 1.33. The lowest BCUT2D eigenvalue weighted by Gasteiger charge is -2.09. The Morgan fingerprint density at radius 2 is 2.31 bits per heavy atom. The van der Waals surface area contributed by atoms with E-state index in [1.54, 1.807) is 18.2 Å². The molecule has 0 saturated carbocycles. The van der Waals surface area contributed by atoms with Crippen molar-refractivity contribution < 1.29 is 4.79 Å². The minimum absolute atomic E-state index is 0.250. The predicted molar refractivity (Wildman–Crippen MR) is 59.8 cm³/mol. The average Bonchev–Trinajstić information content (AvgIpc) is 2.28. The Labute approximate surface area is 94.7 Å². The molecule has 1 N–H and O–H groups in total. The standard InChI is InChI=1S/C11H14N4O/c1-15(2)7-6-13-11(16)10-5-3-4-9(8-12)14-10/h3-5H,6-7H2,1-2H3,(H,13,16). The van der Waals surface area contributed by atoms with Gasteiger partial charge in [0.2, 0.25) is 0 Å². The van der Waals surface area contributed by atoms with Crippen molar-refractivity contribution in [1.29, 1.82) is 5.26 Å². The monoisotopic (exact) mass is 218 g/mol. The number of nitrogens with one attached hydrogen (secondary N) is 1. The molecule has 0 aliphatic carbocycles. The zero-order valence-electron chi connectivity index (χ0n) is 9.40. The third-order valence-electron chi connectivity index (χ3n) is 1.94. The lowest BCUT2D eigenvalue weighted by molar-refractivity contribution is 0.0946. The van der Waals surface area contributed by atoms with E-state index in [1.165, 1.54) is 0 Å². The zero-order valence-corrected chi connectivity index (χ0v) is 9.40. The number of amides is 1. The highest BCUT2D eigenvalue weighted by molar-refractivity contribution is 5.92. The molecule has 1 amide bonds. The summed E-state index contributed by atoms with van der Waals surface area (Å²) in [5.41, 5.74) is 0.526. The average molecular weight is 218 g/mol. The molecule has 0 aliphatic rings. The summed E-state index contributed by atoms with van der Waals surface area (Å²) in [5, 5.41) is 11.4. The lowest BCUT2D eigenvalue weighted by Crippen LogP contribution is -2.31. The van der Waals surface area contributed by atoms with Gasteiger partial charge in [-0.3, -0.25) is 4.79 Å². The molecule has 0 aromatic carbocycles. The minimum Gasteiger partial charge on any atom is -0.349 e. The first-order valence-corrected chi connectivity index (χ1v) is 4.93. The summed E-state index contributed by atoms with van der Waals surface area (Å²) >= 11 is 0. The molecule has 0 radical (unpaired) electrons. The zero-order chi connectivity index (χ0) is 12.0. The lowest BCUT2D eigenvalue weighted by atomic mass is 10.3. The van der Waals surface area contributed by atoms with Crippen LogP contribution in [0.4, 0.5) is 0 Å². The number of hydrogen-bond acceptors (Lipinski definition) is 4. The number of nitriles is 1. The molecule has 1 aromatic heterocycles. The number of carbonyl (C=O) groups is 1. The third-order valence-corrected chi connectivity index (χ3v) is 1.94. The van der Waals surface area contributed by atoms with Gasteiger partial charge in [0.25, 0.3) is 5.91 Å². The molecular weight excluding hydrogens is 204 g/mol. The number of likely N-dealkylation sites (N-methyl/N-ethyl adjacent to an activating group) is 1. The van der Waals surface area contributed by atoms with Crippen molar-refractivity contribution in [1.82, 2.24) is 15.2 Å². The highest BCUT2D eigenvalue weighted by atomic mass is 16.1. The van der Waals surface area contributed by atoms with Gasteiger partial charge in [0.15, 0.2) is 0 Å². The molecule has 0 saturated heterocycles. The quantitative estimate of drug-likeness (QED) is 0.786. The molecular formula is C11H14N4O. The van der Waals surface area contributed by atoms with E-state index in [1.807, 2.05) is 25.1 Å². The van der Waals surface area contributed by atoms with Crippen LogP contribution in [-0.2, 0) is 0 Å². The maximum atomic E-state index is 11.6. The van der Waals surface area contributed by atoms with Crippen molar-refractivity contribution in [3.63, 3.8) is 0 Å². The fourth-order valence-corrected chi connectivity index (χ4v) is 1.11. The Morgan fingerprint density at radius 1 is 1.56 bits per heavy atom. The maximum absolute atomic E-state index is 11.6. The molecule has 1 heterocycles. The SMILES string of the molecule is CN(C)CCNC(=O)c1cccc(C#N)n1. The molecule has 0 bridgehead atoms. The molecule has 0 atom stereocenters. The van der Waals surface area contributed by atoms with Crippen LogP contribution in [0.15, 0.2) is 18.2 Å². The number of rotatable bonds is 4. The summed E-state index contributed by atoms with van der Waals surface area (Å²) in [6, 6.07) is 6.70. The Balaban J connectivity index is 2.56. The van der Waals surface area contributed by atoms with Crippen LogP contribution in [-0.4, -0.2) is 43.0 Å². The highest BCUT2D eigenvalue weighted by Crippen LogP contribution is 1.97. The number of aromatic nitrogens is 1. The highest BCUT2D eigenvalue weighted by Gasteiger charge is 2.06. The van der Waals surface area contributed by atoms with Crippen molar-refractivity contribution in [2.45, 2.75) is 0 Å². The Morgan fingerprint density at radius 3 is 2.94 bits per heavy atom. The Hall–Kier alpha value is -1.93. The summed E-state index contributed by atoms with van der Waals surface area (Å²) in [4.78, 5) is 17.5. The van der Waals surface area contributed by atoms with Crippen LogP contribution in [0.3, 0.4) is 0 Å². The number of pyridine rings is 1. The van der Waals surface area contributed by atoms with Gasteiger partial charge in [0.1, 0.15) is 17.5 Å². The smallest absolute Gasteiger partial charge is 0.269 e. The van der Waals surface area contributed by atoms with Gasteiger partial charge in [-0.05, 0) is 26.2 Å². The van der Waals surface area contributed by atoms with Gasteiger partial charge in [-0.1, -0.05) is 6.07 Å². The van der Waals surface area contributed by atoms with Crippen LogP contribution in [0.25, 0.3) is 0 Å². The van der Waals surface area contributed by atoms with Crippen LogP contribution in [0, 0.1) is 11.3 Å². The van der Waals surface area contributed by atoms with Crippen molar-refractivity contribution in [2.24, 2.45) is 0 Å². The first-order chi connectivity index (χ1) is 7.63. The first kappa shape index (κ1) is 12.1. The molecule has 16 heavy (non-hydrogen) atoms. The van der Waals surface area contributed by atoms with E-state index in [4.69, 9.17) is 5.26 Å². The van der Waals surface area contributed by atoms with Crippen molar-refractivity contribution >= 4 is 5.91 Å². The second-order valence-electron chi connectivity index (χ2n) is 3.58. The minimum atomic E-state index is -0.251.